The SMILES string of the molecule is CCc1cc(NC(=O)c2cccc3c2OCC3(C)C)nc(C)n1. The maximum Gasteiger partial charge on any atom is 0.260 e. The van der Waals surface area contributed by atoms with E-state index in [-0.39, 0.29) is 11.3 Å². The fraction of sp³-hybridized carbons (Fsp3) is 0.389. The van der Waals surface area contributed by atoms with Gasteiger partial charge in [0.1, 0.15) is 17.4 Å². The Morgan fingerprint density at radius 2 is 2.13 bits per heavy atom. The molecule has 1 aliphatic rings. The third-order valence-corrected chi connectivity index (χ3v) is 4.06. The summed E-state index contributed by atoms with van der Waals surface area (Å²) in [7, 11) is 0. The van der Waals surface area contributed by atoms with Gasteiger partial charge in [0.25, 0.3) is 5.91 Å². The number of nitrogens with zero attached hydrogens (tertiary/aromatic N) is 2. The van der Waals surface area contributed by atoms with E-state index in [1.165, 1.54) is 0 Å². The lowest BCUT2D eigenvalue weighted by molar-refractivity contribution is 0.102. The number of hydrogen-bond acceptors (Lipinski definition) is 4. The number of aryl methyl sites for hydroxylation is 2. The molecule has 120 valence electrons. The van der Waals surface area contributed by atoms with E-state index >= 15 is 0 Å². The van der Waals surface area contributed by atoms with Crippen LogP contribution in [0.4, 0.5) is 5.82 Å². The Labute approximate surface area is 136 Å². The van der Waals surface area contributed by atoms with E-state index in [1.807, 2.05) is 26.0 Å². The van der Waals surface area contributed by atoms with Gasteiger partial charge in [0.2, 0.25) is 0 Å². The zero-order valence-electron chi connectivity index (χ0n) is 13.9. The minimum absolute atomic E-state index is 0.0769. The van der Waals surface area contributed by atoms with E-state index in [2.05, 4.69) is 29.1 Å². The van der Waals surface area contributed by atoms with Gasteiger partial charge < -0.3 is 10.1 Å². The molecule has 1 amide bonds. The molecular weight excluding hydrogens is 290 g/mol. The highest BCUT2D eigenvalue weighted by Gasteiger charge is 2.34. The highest BCUT2D eigenvalue weighted by Crippen LogP contribution is 2.40. The number of ether oxygens (including phenoxy) is 1. The number of amides is 1. The molecule has 0 unspecified atom stereocenters. The number of aromatic nitrogens is 2. The number of anilines is 1. The van der Waals surface area contributed by atoms with Gasteiger partial charge in [0.05, 0.1) is 12.2 Å². The zero-order chi connectivity index (χ0) is 16.6. The zero-order valence-corrected chi connectivity index (χ0v) is 13.9. The summed E-state index contributed by atoms with van der Waals surface area (Å²) in [5.74, 6) is 1.64. The Morgan fingerprint density at radius 1 is 1.35 bits per heavy atom. The third kappa shape index (κ3) is 2.91. The second-order valence-electron chi connectivity index (χ2n) is 6.45. The highest BCUT2D eigenvalue weighted by atomic mass is 16.5. The first-order valence-corrected chi connectivity index (χ1v) is 7.83. The molecule has 1 aromatic heterocycles. The fourth-order valence-corrected chi connectivity index (χ4v) is 2.79. The highest BCUT2D eigenvalue weighted by molar-refractivity contribution is 6.06. The average Bonchev–Trinajstić information content (AvgIpc) is 2.82. The summed E-state index contributed by atoms with van der Waals surface area (Å²) in [6.45, 7) is 8.65. The van der Waals surface area contributed by atoms with Crippen molar-refractivity contribution in [3.63, 3.8) is 0 Å². The van der Waals surface area contributed by atoms with Gasteiger partial charge in [-0.3, -0.25) is 4.79 Å². The Kier molecular flexibility index (Phi) is 3.80. The smallest absolute Gasteiger partial charge is 0.260 e. The summed E-state index contributed by atoms with van der Waals surface area (Å²) in [4.78, 5) is 21.3. The first kappa shape index (κ1) is 15.5. The van der Waals surface area contributed by atoms with Crippen LogP contribution in [0.15, 0.2) is 24.3 Å². The van der Waals surface area contributed by atoms with E-state index < -0.39 is 0 Å². The number of carbonyl (C=O) groups excluding carboxylic acids is 1. The molecule has 0 bridgehead atoms. The van der Waals surface area contributed by atoms with Crippen LogP contribution < -0.4 is 10.1 Å². The molecule has 2 heterocycles. The molecular formula is C18H21N3O2. The molecule has 2 aromatic rings. The van der Waals surface area contributed by atoms with Crippen LogP contribution in [0, 0.1) is 6.92 Å². The van der Waals surface area contributed by atoms with Crippen LogP contribution in [0.5, 0.6) is 5.75 Å². The number of carbonyl (C=O) groups is 1. The monoisotopic (exact) mass is 311 g/mol. The van der Waals surface area contributed by atoms with Crippen LogP contribution in [-0.2, 0) is 11.8 Å². The second kappa shape index (κ2) is 5.65. The normalized spacial score (nSPS) is 15.0. The molecule has 5 nitrogen and oxygen atoms in total. The summed E-state index contributed by atoms with van der Waals surface area (Å²) in [5, 5.41) is 2.86. The molecule has 23 heavy (non-hydrogen) atoms. The molecule has 0 radical (unpaired) electrons. The van der Waals surface area contributed by atoms with Gasteiger partial charge in [-0.2, -0.15) is 0 Å². The van der Waals surface area contributed by atoms with Gasteiger partial charge in [-0.05, 0) is 19.4 Å². The van der Waals surface area contributed by atoms with Crippen molar-refractivity contribution in [3.05, 3.63) is 46.9 Å². The first-order chi connectivity index (χ1) is 10.9. The average molecular weight is 311 g/mol. The Hall–Kier alpha value is -2.43. The summed E-state index contributed by atoms with van der Waals surface area (Å²) >= 11 is 0. The molecule has 3 rings (SSSR count). The lowest BCUT2D eigenvalue weighted by atomic mass is 9.86. The lowest BCUT2D eigenvalue weighted by Gasteiger charge is -2.15. The Bertz CT molecular complexity index is 769. The van der Waals surface area contributed by atoms with Crippen molar-refractivity contribution in [3.8, 4) is 5.75 Å². The Morgan fingerprint density at radius 3 is 2.87 bits per heavy atom. The van der Waals surface area contributed by atoms with Gasteiger partial charge in [-0.25, -0.2) is 9.97 Å². The van der Waals surface area contributed by atoms with Crippen LogP contribution >= 0.6 is 0 Å². The van der Waals surface area contributed by atoms with E-state index in [0.29, 0.717) is 29.6 Å². The maximum atomic E-state index is 12.6. The van der Waals surface area contributed by atoms with Crippen LogP contribution in [0.3, 0.4) is 0 Å². The largest absolute Gasteiger partial charge is 0.492 e. The van der Waals surface area contributed by atoms with Crippen molar-refractivity contribution < 1.29 is 9.53 Å². The standard InChI is InChI=1S/C18H21N3O2/c1-5-12-9-15(20-11(2)19-12)21-17(22)13-7-6-8-14-16(13)23-10-18(14,3)4/h6-9H,5,10H2,1-4H3,(H,19,20,21,22). The van der Waals surface area contributed by atoms with E-state index in [9.17, 15) is 4.79 Å². The van der Waals surface area contributed by atoms with Crippen molar-refractivity contribution in [2.45, 2.75) is 39.5 Å². The minimum atomic E-state index is -0.209. The fourth-order valence-electron chi connectivity index (χ4n) is 2.79. The number of hydrogen-bond donors (Lipinski definition) is 1. The minimum Gasteiger partial charge on any atom is -0.492 e. The topological polar surface area (TPSA) is 64.1 Å². The van der Waals surface area contributed by atoms with Gasteiger partial charge in [0, 0.05) is 22.7 Å². The van der Waals surface area contributed by atoms with Crippen LogP contribution in [0.1, 0.15) is 48.2 Å². The molecule has 0 saturated carbocycles. The van der Waals surface area contributed by atoms with Crippen molar-refractivity contribution in [1.82, 2.24) is 9.97 Å². The molecule has 0 saturated heterocycles. The van der Waals surface area contributed by atoms with Gasteiger partial charge in [-0.15, -0.1) is 0 Å². The van der Waals surface area contributed by atoms with Crippen LogP contribution in [0.2, 0.25) is 0 Å². The molecule has 0 aliphatic carbocycles. The summed E-state index contributed by atoms with van der Waals surface area (Å²) in [6, 6.07) is 7.50. The van der Waals surface area contributed by atoms with E-state index in [1.54, 1.807) is 12.1 Å². The van der Waals surface area contributed by atoms with Gasteiger partial charge in [0.15, 0.2) is 0 Å². The number of fused-ring (bicyclic) bond motifs is 1. The molecule has 0 fully saturated rings. The second-order valence-corrected chi connectivity index (χ2v) is 6.45. The van der Waals surface area contributed by atoms with Gasteiger partial charge in [-0.1, -0.05) is 32.9 Å². The molecule has 5 heteroatoms. The summed E-state index contributed by atoms with van der Waals surface area (Å²) in [5.41, 5.74) is 2.44. The molecule has 0 spiro atoms. The van der Waals surface area contributed by atoms with Gasteiger partial charge >= 0.3 is 0 Å². The third-order valence-electron chi connectivity index (χ3n) is 4.06. The molecule has 0 atom stereocenters. The number of para-hydroxylation sites is 1. The molecule has 1 aliphatic heterocycles. The van der Waals surface area contributed by atoms with E-state index in [0.717, 1.165) is 17.7 Å². The predicted molar refractivity (Wildman–Crippen MR) is 89.1 cm³/mol. The first-order valence-electron chi connectivity index (χ1n) is 7.83. The summed E-state index contributed by atoms with van der Waals surface area (Å²) < 4.78 is 5.78. The number of rotatable bonds is 3. The van der Waals surface area contributed by atoms with E-state index in [4.69, 9.17) is 4.74 Å². The predicted octanol–water partition coefficient (Wildman–Crippen LogP) is 3.27. The van der Waals surface area contributed by atoms with Crippen LogP contribution in [-0.4, -0.2) is 22.5 Å². The summed E-state index contributed by atoms with van der Waals surface area (Å²) in [6.07, 6.45) is 0.796. The van der Waals surface area contributed by atoms with Crippen LogP contribution in [0.25, 0.3) is 0 Å². The van der Waals surface area contributed by atoms with Crippen molar-refractivity contribution in [2.75, 3.05) is 11.9 Å². The molecule has 1 N–H and O–H groups in total. The maximum absolute atomic E-state index is 12.6. The Balaban J connectivity index is 1.91. The van der Waals surface area contributed by atoms with Crippen molar-refractivity contribution in [2.24, 2.45) is 0 Å². The number of benzene rings is 1. The van der Waals surface area contributed by atoms with Crippen molar-refractivity contribution in [1.29, 1.82) is 0 Å². The lowest BCUT2D eigenvalue weighted by Crippen LogP contribution is -2.18. The van der Waals surface area contributed by atoms with Crippen molar-refractivity contribution >= 4 is 11.7 Å². The number of nitrogens with one attached hydrogen (secondary N) is 1. The quantitative estimate of drug-likeness (QED) is 0.945. The molecule has 1 aromatic carbocycles.